The lowest BCUT2D eigenvalue weighted by Crippen LogP contribution is -2.16. The van der Waals surface area contributed by atoms with Crippen LogP contribution in [-0.4, -0.2) is 128 Å². The first-order valence-corrected chi connectivity index (χ1v) is 27.6. The Bertz CT molecular complexity index is 3470. The lowest BCUT2D eigenvalue weighted by Gasteiger charge is -2.11. The molecule has 4 rings (SSSR count). The van der Waals surface area contributed by atoms with Crippen molar-refractivity contribution in [1.82, 2.24) is 0 Å². The lowest BCUT2D eigenvalue weighted by atomic mass is 10.2. The van der Waals surface area contributed by atoms with Crippen molar-refractivity contribution in [3.8, 4) is 17.2 Å². The smallest absolute Gasteiger partial charge is 0.397 e. The van der Waals surface area contributed by atoms with Crippen LogP contribution < -0.4 is 5.32 Å². The van der Waals surface area contributed by atoms with Crippen molar-refractivity contribution in [1.29, 1.82) is 0 Å². The number of rotatable bonds is 20. The fourth-order valence-corrected chi connectivity index (χ4v) is 10.2. The van der Waals surface area contributed by atoms with Gasteiger partial charge in [-0.15, -0.1) is 30.7 Å². The maximum absolute atomic E-state index is 12.8. The standard InChI is InChI=1S/C30H29N7O25S7/c1-15(38)31-16-2-5-19(22(12-16)65(46,47)48)32-35-25-28(39)26(36-33-20-6-3-17(13-23(20)66(49,50)51)63(42,43)10-8-61-68(55,56)57)30(41)27(29(25)40)37-34-21-7-4-18(14-24(21)67(52,53)54)64(44,45)11-9-62-69(58,59)60/h2-7,12-14,39-41H,8-11H2,1H3,(H,31,38)(H,46,47,48)(H,49,50,51)(H,52,53,54)(H,55,56,57)(H,58,59,60)/b35-32+,36-33+,37-34+. The van der Waals surface area contributed by atoms with Gasteiger partial charge < -0.3 is 20.6 Å². The normalized spacial score (nSPS) is 13.4. The molecular formula is C30H29N7O25S7. The predicted octanol–water partition coefficient (Wildman–Crippen LogP) is 2.93. The second-order valence-electron chi connectivity index (χ2n) is 12.9. The molecule has 0 aliphatic rings. The Hall–Kier alpha value is -6.08. The van der Waals surface area contributed by atoms with Crippen LogP contribution in [-0.2, 0) is 84.0 Å². The van der Waals surface area contributed by atoms with Crippen LogP contribution in [0.1, 0.15) is 6.92 Å². The highest BCUT2D eigenvalue weighted by atomic mass is 32.3. The van der Waals surface area contributed by atoms with Gasteiger partial charge in [0, 0.05) is 12.6 Å². The van der Waals surface area contributed by atoms with Crippen LogP contribution in [0.2, 0.25) is 0 Å². The molecule has 69 heavy (non-hydrogen) atoms. The van der Waals surface area contributed by atoms with Crippen LogP contribution in [0.3, 0.4) is 0 Å². The van der Waals surface area contributed by atoms with Gasteiger partial charge in [-0.2, -0.15) is 42.1 Å². The number of phenolic OH excluding ortho intramolecular Hbond substituents is 3. The molecule has 0 aliphatic carbocycles. The molecule has 0 saturated heterocycles. The van der Waals surface area contributed by atoms with Crippen LogP contribution in [0, 0.1) is 0 Å². The summed E-state index contributed by atoms with van der Waals surface area (Å²) in [6, 6.07) is 5.49. The monoisotopic (exact) mass is 1110 g/mol. The van der Waals surface area contributed by atoms with Gasteiger partial charge >= 0.3 is 20.8 Å². The van der Waals surface area contributed by atoms with E-state index in [0.29, 0.717) is 30.3 Å². The number of benzene rings is 4. The number of aromatic hydroxyl groups is 3. The third-order valence-corrected chi connectivity index (χ3v) is 14.9. The first-order chi connectivity index (χ1) is 31.4. The first kappa shape index (κ1) is 55.5. The number of phenols is 3. The molecule has 0 heterocycles. The Balaban J connectivity index is 1.98. The first-order valence-electron chi connectivity index (χ1n) is 17.3. The second-order valence-corrected chi connectivity index (χ2v) is 23.4. The number of hydrogen-bond acceptors (Lipinski definition) is 26. The minimum Gasteiger partial charge on any atom is -0.504 e. The number of nitrogens with zero attached hydrogens (tertiary/aromatic N) is 6. The maximum Gasteiger partial charge on any atom is 0.397 e. The number of amides is 1. The summed E-state index contributed by atoms with van der Waals surface area (Å²) >= 11 is 0. The molecular weight excluding hydrogens is 1080 g/mol. The molecule has 0 fully saturated rings. The molecule has 39 heteroatoms. The van der Waals surface area contributed by atoms with Gasteiger partial charge in [-0.05, 0) is 54.6 Å². The van der Waals surface area contributed by atoms with Gasteiger partial charge in [-0.3, -0.25) is 27.6 Å². The van der Waals surface area contributed by atoms with Crippen molar-refractivity contribution in [2.24, 2.45) is 30.7 Å². The largest absolute Gasteiger partial charge is 0.504 e. The molecule has 0 bridgehead atoms. The molecule has 376 valence electrons. The summed E-state index contributed by atoms with van der Waals surface area (Å²) in [6.45, 7) is -1.31. The Morgan fingerprint density at radius 1 is 0.478 bits per heavy atom. The molecule has 0 saturated carbocycles. The Kier molecular flexibility index (Phi) is 16.5. The van der Waals surface area contributed by atoms with Crippen molar-refractivity contribution < 1.29 is 110 Å². The fourth-order valence-electron chi connectivity index (χ4n) is 5.04. The van der Waals surface area contributed by atoms with E-state index in [1.165, 1.54) is 0 Å². The Morgan fingerprint density at radius 3 is 1.07 bits per heavy atom. The van der Waals surface area contributed by atoms with Crippen molar-refractivity contribution in [2.75, 3.05) is 30.0 Å². The number of carbonyl (C=O) groups excluding carboxylic acids is 1. The van der Waals surface area contributed by atoms with Crippen molar-refractivity contribution in [2.45, 2.75) is 31.4 Å². The van der Waals surface area contributed by atoms with Gasteiger partial charge in [0.25, 0.3) is 30.4 Å². The maximum atomic E-state index is 12.8. The molecule has 4 aromatic carbocycles. The second kappa shape index (κ2) is 20.5. The third kappa shape index (κ3) is 15.0. The van der Waals surface area contributed by atoms with Crippen LogP contribution >= 0.6 is 0 Å². The van der Waals surface area contributed by atoms with E-state index in [4.69, 9.17) is 9.11 Å². The average molecular weight is 1110 g/mol. The molecule has 4 aromatic rings. The van der Waals surface area contributed by atoms with Crippen LogP contribution in [0.25, 0.3) is 0 Å². The van der Waals surface area contributed by atoms with E-state index in [1.807, 2.05) is 0 Å². The van der Waals surface area contributed by atoms with Gasteiger partial charge in [-0.25, -0.2) is 25.2 Å². The highest BCUT2D eigenvalue weighted by molar-refractivity contribution is 7.92. The minimum absolute atomic E-state index is 0.211. The zero-order valence-corrected chi connectivity index (χ0v) is 39.3. The van der Waals surface area contributed by atoms with Crippen molar-refractivity contribution in [3.05, 3.63) is 54.6 Å². The summed E-state index contributed by atoms with van der Waals surface area (Å²) in [6.07, 6.45) is 0. The summed E-state index contributed by atoms with van der Waals surface area (Å²) in [5, 5.41) is 56.7. The molecule has 0 radical (unpaired) electrons. The summed E-state index contributed by atoms with van der Waals surface area (Å²) in [7, 11) is -35.8. The average Bonchev–Trinajstić information content (AvgIpc) is 3.18. The molecule has 9 N–H and O–H groups in total. The molecule has 0 atom stereocenters. The number of sulfone groups is 2. The minimum atomic E-state index is -5.51. The molecule has 0 aromatic heterocycles. The third-order valence-electron chi connectivity index (χ3n) is 7.98. The fraction of sp³-hybridized carbons (Fsp3) is 0.167. The number of azo groups is 3. The Morgan fingerprint density at radius 2 is 0.783 bits per heavy atom. The van der Waals surface area contributed by atoms with Gasteiger partial charge in [0.05, 0.1) is 34.5 Å². The van der Waals surface area contributed by atoms with E-state index in [2.05, 4.69) is 44.4 Å². The zero-order valence-electron chi connectivity index (χ0n) is 33.6. The van der Waals surface area contributed by atoms with Crippen LogP contribution in [0.15, 0.2) is 110 Å². The van der Waals surface area contributed by atoms with Gasteiger partial charge in [0.15, 0.2) is 54.0 Å². The van der Waals surface area contributed by atoms with E-state index in [1.54, 1.807) is 0 Å². The van der Waals surface area contributed by atoms with E-state index in [0.717, 1.165) is 19.1 Å². The quantitative estimate of drug-likeness (QED) is 0.0454. The van der Waals surface area contributed by atoms with E-state index < -0.39 is 177 Å². The SMILES string of the molecule is CC(=O)Nc1ccc(/N=N/c2c(O)c(/N=N/c3ccc(S(=O)(=O)CCOS(=O)(=O)O)cc3S(=O)(=O)O)c(O)c(/N=N/c3ccc(S(=O)(=O)CCOS(=O)(=O)O)cc3S(=O)(=O)O)c2O)c(S(=O)(=O)O)c1. The molecule has 0 spiro atoms. The lowest BCUT2D eigenvalue weighted by molar-refractivity contribution is -0.114. The molecule has 32 nitrogen and oxygen atoms in total. The highest BCUT2D eigenvalue weighted by Gasteiger charge is 2.29. The molecule has 0 aliphatic heterocycles. The van der Waals surface area contributed by atoms with Crippen LogP contribution in [0.5, 0.6) is 17.2 Å². The summed E-state index contributed by atoms with van der Waals surface area (Å²) < 4.78 is 223. The summed E-state index contributed by atoms with van der Waals surface area (Å²) in [4.78, 5) is 5.89. The van der Waals surface area contributed by atoms with Gasteiger partial charge in [-0.1, -0.05) is 0 Å². The zero-order chi connectivity index (χ0) is 52.3. The van der Waals surface area contributed by atoms with E-state index in [-0.39, 0.29) is 17.8 Å². The summed E-state index contributed by atoms with van der Waals surface area (Å²) in [5.41, 5.74) is -6.98. The number of nitrogens with one attached hydrogen (secondary N) is 1. The highest BCUT2D eigenvalue weighted by Crippen LogP contribution is 2.57. The number of hydrogen-bond donors (Lipinski definition) is 9. The van der Waals surface area contributed by atoms with Gasteiger partial charge in [0.2, 0.25) is 5.91 Å². The Labute approximate surface area is 388 Å². The summed E-state index contributed by atoms with van der Waals surface area (Å²) in [5.74, 6) is -7.67. The number of anilines is 1. The predicted molar refractivity (Wildman–Crippen MR) is 226 cm³/mol. The van der Waals surface area contributed by atoms with Crippen molar-refractivity contribution in [3.63, 3.8) is 0 Å². The van der Waals surface area contributed by atoms with Crippen LogP contribution in [0.4, 0.5) is 39.8 Å². The van der Waals surface area contributed by atoms with E-state index >= 15 is 0 Å². The van der Waals surface area contributed by atoms with E-state index in [9.17, 15) is 92.7 Å². The topological polar surface area (TPSA) is 523 Å². The number of carbonyl (C=O) groups is 1. The molecule has 1 amide bonds. The van der Waals surface area contributed by atoms with Gasteiger partial charge in [0.1, 0.15) is 31.7 Å². The molecule has 0 unspecified atom stereocenters. The van der Waals surface area contributed by atoms with Crippen molar-refractivity contribution >= 4 is 117 Å².